The van der Waals surface area contributed by atoms with E-state index in [0.29, 0.717) is 83.0 Å². The molecule has 9 N–H and O–H groups in total. The highest BCUT2D eigenvalue weighted by Gasteiger charge is 2.61. The average molecular weight is 1340 g/mol. The lowest BCUT2D eigenvalue weighted by Crippen LogP contribution is -2.62. The number of amides is 12. The molecule has 1 aliphatic carbocycles. The monoisotopic (exact) mass is 1340 g/mol. The molecule has 12 amide bonds. The van der Waals surface area contributed by atoms with E-state index >= 15 is 0 Å². The molecule has 5 unspecified atom stereocenters. The molecule has 0 spiro atoms. The fourth-order valence-electron chi connectivity index (χ4n) is 14.4. The second kappa shape index (κ2) is 36.4. The Kier molecular flexibility index (Phi) is 29.2. The van der Waals surface area contributed by atoms with E-state index in [1.54, 1.807) is 76.1 Å². The van der Waals surface area contributed by atoms with Gasteiger partial charge in [0, 0.05) is 72.3 Å². The Labute approximate surface area is 565 Å². The number of fused-ring (bicyclic) bond motifs is 2. The highest BCUT2D eigenvalue weighted by molar-refractivity contribution is 6.12. The number of anilines is 1. The van der Waals surface area contributed by atoms with Crippen LogP contribution in [0, 0.1) is 29.6 Å². The number of carboxylic acid groups (broad SMARTS) is 1. The summed E-state index contributed by atoms with van der Waals surface area (Å²) in [5.41, 5.74) is 6.45. The van der Waals surface area contributed by atoms with Gasteiger partial charge in [-0.15, -0.1) is 0 Å². The number of likely N-dealkylation sites (tertiary alicyclic amines) is 2. The van der Waals surface area contributed by atoms with Gasteiger partial charge < -0.3 is 66.8 Å². The maximum atomic E-state index is 15.0. The Morgan fingerprint density at radius 2 is 1.45 bits per heavy atom. The summed E-state index contributed by atoms with van der Waals surface area (Å²) >= 11 is 0. The van der Waals surface area contributed by atoms with Gasteiger partial charge in [-0.1, -0.05) is 104 Å². The Morgan fingerprint density at radius 1 is 0.771 bits per heavy atom. The largest absolute Gasteiger partial charge is 0.465 e. The zero-order valence-corrected chi connectivity index (χ0v) is 57.9. The van der Waals surface area contributed by atoms with Crippen molar-refractivity contribution in [2.75, 3.05) is 59.9 Å². The summed E-state index contributed by atoms with van der Waals surface area (Å²) in [5.74, 6) is -5.73. The van der Waals surface area contributed by atoms with Gasteiger partial charge in [0.1, 0.15) is 24.2 Å². The SMILES string of the molecule is CC[C@H](C)[C@@H]([C@@H](CC(=O)N1CCCC1[C@H](OC)[C@@H](C)C(=O)NC(COC)Cc1ccccc1)OC)N(C)C(=O)C(NC(=O)[C@@H]1[C@H]2CC[C@](Cc3ccc(NC(=O)C(CCCNC(N)=O)NC(=O)C(NC(=O)CCCCCN4C(=O)C=CC4=O)C(C)C)cc3)(C2)N1C(=O)O)C(C)C. The summed E-state index contributed by atoms with van der Waals surface area (Å²) < 4.78 is 17.6. The lowest BCUT2D eigenvalue weighted by molar-refractivity contribution is -0.148. The summed E-state index contributed by atoms with van der Waals surface area (Å²) in [5, 5.41) is 28.0. The highest BCUT2D eigenvalue weighted by atomic mass is 16.5. The fourth-order valence-corrected chi connectivity index (χ4v) is 14.4. The summed E-state index contributed by atoms with van der Waals surface area (Å²) in [6.07, 6.45) is 5.77. The maximum absolute atomic E-state index is 15.0. The molecule has 26 nitrogen and oxygen atoms in total. The number of nitrogens with two attached hydrogens (primary N) is 1. The molecule has 2 aromatic carbocycles. The molecule has 2 saturated heterocycles. The number of nitrogens with one attached hydrogen (secondary N) is 6. The first-order valence-electron chi connectivity index (χ1n) is 34.0. The van der Waals surface area contributed by atoms with Crippen molar-refractivity contribution in [1.82, 2.24) is 46.2 Å². The number of hydrogen-bond donors (Lipinski definition) is 8. The third kappa shape index (κ3) is 20.3. The number of unbranched alkanes of at least 4 members (excludes halogenated alkanes) is 2. The normalized spacial score (nSPS) is 21.0. The number of nitrogens with zero attached hydrogens (tertiary/aromatic N) is 4. The van der Waals surface area contributed by atoms with Crippen LogP contribution in [0.4, 0.5) is 15.3 Å². The number of carbonyl (C=O) groups excluding carboxylic acids is 10. The van der Waals surface area contributed by atoms with E-state index in [4.69, 9.17) is 19.9 Å². The molecular formula is C70H105N11O15. The minimum atomic E-state index is -1.28. The van der Waals surface area contributed by atoms with Gasteiger partial charge in [0.05, 0.1) is 54.8 Å². The quantitative estimate of drug-likeness (QED) is 0.0322. The minimum absolute atomic E-state index is 0.0821. The molecule has 3 heterocycles. The van der Waals surface area contributed by atoms with Crippen molar-refractivity contribution in [3.8, 4) is 0 Å². The van der Waals surface area contributed by atoms with E-state index in [1.807, 2.05) is 58.0 Å². The van der Waals surface area contributed by atoms with Gasteiger partial charge in [-0.2, -0.15) is 0 Å². The van der Waals surface area contributed by atoms with Crippen LogP contribution in [-0.4, -0.2) is 205 Å². The van der Waals surface area contributed by atoms with E-state index in [0.717, 1.165) is 16.0 Å². The van der Waals surface area contributed by atoms with E-state index < -0.39 is 102 Å². The molecule has 530 valence electrons. The van der Waals surface area contributed by atoms with Crippen LogP contribution in [0.5, 0.6) is 0 Å². The fraction of sp³-hybridized carbons (Fsp3) is 0.643. The second-order valence-corrected chi connectivity index (χ2v) is 27.1. The predicted octanol–water partition coefficient (Wildman–Crippen LogP) is 5.06. The summed E-state index contributed by atoms with van der Waals surface area (Å²) in [6, 6.07) is 10.3. The number of rotatable bonds is 38. The number of piperidine rings is 1. The summed E-state index contributed by atoms with van der Waals surface area (Å²) in [7, 11) is 6.30. The average Bonchev–Trinajstić information content (AvgIpc) is 1.57. The van der Waals surface area contributed by atoms with Gasteiger partial charge in [0.15, 0.2) is 0 Å². The first-order valence-corrected chi connectivity index (χ1v) is 34.0. The molecule has 3 fully saturated rings. The van der Waals surface area contributed by atoms with Crippen molar-refractivity contribution in [3.63, 3.8) is 0 Å². The Bertz CT molecular complexity index is 3020. The number of likely N-dealkylation sites (N-methyl/N-ethyl adjacent to an activating group) is 1. The molecule has 26 heteroatoms. The highest BCUT2D eigenvalue weighted by Crippen LogP contribution is 2.52. The Hall–Kier alpha value is -7.97. The van der Waals surface area contributed by atoms with Crippen molar-refractivity contribution in [1.29, 1.82) is 0 Å². The molecule has 1 saturated carbocycles. The minimum Gasteiger partial charge on any atom is -0.465 e. The second-order valence-electron chi connectivity index (χ2n) is 27.1. The van der Waals surface area contributed by atoms with Gasteiger partial charge in [-0.3, -0.25) is 53.0 Å². The van der Waals surface area contributed by atoms with Gasteiger partial charge in [0.2, 0.25) is 41.4 Å². The van der Waals surface area contributed by atoms with Crippen LogP contribution in [0.25, 0.3) is 0 Å². The van der Waals surface area contributed by atoms with Crippen LogP contribution in [0.15, 0.2) is 66.7 Å². The summed E-state index contributed by atoms with van der Waals surface area (Å²) in [6.45, 7) is 14.0. The number of imide groups is 1. The molecule has 6 rings (SSSR count). The molecule has 0 radical (unpaired) electrons. The third-order valence-corrected chi connectivity index (χ3v) is 19.7. The third-order valence-electron chi connectivity index (χ3n) is 19.7. The van der Waals surface area contributed by atoms with Crippen molar-refractivity contribution >= 4 is 71.0 Å². The van der Waals surface area contributed by atoms with E-state index in [2.05, 4.69) is 31.9 Å². The number of methoxy groups -OCH3 is 3. The molecular weight excluding hydrogens is 1230 g/mol. The standard InChI is InChI=1S/C70H105N11O15/c1-12-44(6)60(53(95-10)38-57(85)79-36-20-24-52(79)62(96-11)45(7)63(86)74-50(41-94-9)37-46-21-15-13-16-22-46)78(8)67(90)59(43(4)5)77-66(89)61-48-32-33-70(40-48,81(61)69(92)93)39-47-26-28-49(29-27-47)73-64(87)51(23-19-34-72-68(71)91)75-65(88)58(42(2)3)76-54(82)25-17-14-18-35-80-55(83)30-31-56(80)84/h13,15-16,21-22,26-31,42-45,48,50-53,58-62H,12,14,17-20,23-25,32-41H2,1-11H3,(H,73,87)(H,74,86)(H,75,88)(H,76,82)(H,77,89)(H,92,93)(H3,71,72,91)/t44-,45+,48-,50?,51?,52?,53+,58?,59?,60-,61-,62+,70-/m0/s1. The van der Waals surface area contributed by atoms with Crippen molar-refractivity contribution in [2.24, 2.45) is 35.3 Å². The lowest BCUT2D eigenvalue weighted by atomic mass is 9.88. The van der Waals surface area contributed by atoms with Crippen molar-refractivity contribution < 1.29 is 72.1 Å². The van der Waals surface area contributed by atoms with Crippen LogP contribution in [0.3, 0.4) is 0 Å². The van der Waals surface area contributed by atoms with Gasteiger partial charge in [0.25, 0.3) is 11.8 Å². The van der Waals surface area contributed by atoms with Gasteiger partial charge in [-0.25, -0.2) is 9.59 Å². The number of urea groups is 1. The molecule has 96 heavy (non-hydrogen) atoms. The van der Waals surface area contributed by atoms with E-state index in [9.17, 15) is 57.8 Å². The first-order chi connectivity index (χ1) is 45.7. The lowest BCUT2D eigenvalue weighted by Gasteiger charge is -2.42. The van der Waals surface area contributed by atoms with Crippen LogP contribution in [0.1, 0.15) is 143 Å². The zero-order chi connectivity index (χ0) is 70.6. The van der Waals surface area contributed by atoms with Crippen LogP contribution in [0.2, 0.25) is 0 Å². The zero-order valence-electron chi connectivity index (χ0n) is 57.9. The molecule has 3 aliphatic heterocycles. The van der Waals surface area contributed by atoms with E-state index in [-0.39, 0.29) is 98.5 Å². The molecule has 2 bridgehead atoms. The maximum Gasteiger partial charge on any atom is 0.408 e. The number of ether oxygens (including phenoxy) is 3. The molecule has 13 atom stereocenters. The number of benzene rings is 2. The topological polar surface area (TPSA) is 347 Å². The Balaban J connectivity index is 1.08. The molecule has 4 aliphatic rings. The van der Waals surface area contributed by atoms with Crippen LogP contribution >= 0.6 is 0 Å². The van der Waals surface area contributed by atoms with Gasteiger partial charge in [-0.05, 0) is 118 Å². The number of carbonyl (C=O) groups is 11. The van der Waals surface area contributed by atoms with Crippen LogP contribution in [-0.2, 0) is 70.2 Å². The summed E-state index contributed by atoms with van der Waals surface area (Å²) in [4.78, 5) is 154. The Morgan fingerprint density at radius 3 is 2.05 bits per heavy atom. The van der Waals surface area contributed by atoms with Gasteiger partial charge >= 0.3 is 12.1 Å². The number of hydrogen-bond acceptors (Lipinski definition) is 14. The molecule has 2 aromatic rings. The van der Waals surface area contributed by atoms with Crippen molar-refractivity contribution in [2.45, 2.75) is 205 Å². The number of primary amides is 1. The van der Waals surface area contributed by atoms with Crippen LogP contribution < -0.4 is 37.6 Å². The molecule has 0 aromatic heterocycles. The predicted molar refractivity (Wildman–Crippen MR) is 359 cm³/mol. The van der Waals surface area contributed by atoms with Crippen molar-refractivity contribution in [3.05, 3.63) is 77.9 Å². The smallest absolute Gasteiger partial charge is 0.408 e. The first kappa shape index (κ1) is 77.0. The van der Waals surface area contributed by atoms with E-state index in [1.165, 1.54) is 24.2 Å².